The summed E-state index contributed by atoms with van der Waals surface area (Å²) < 4.78 is 5.83. The van der Waals surface area contributed by atoms with Crippen LogP contribution in [-0.4, -0.2) is 5.97 Å². The van der Waals surface area contributed by atoms with Gasteiger partial charge in [0.2, 0.25) is 0 Å². The molecule has 0 fully saturated rings. The van der Waals surface area contributed by atoms with Gasteiger partial charge >= 0.3 is 5.97 Å². The lowest BCUT2D eigenvalue weighted by atomic mass is 9.99. The van der Waals surface area contributed by atoms with Crippen LogP contribution in [0, 0.1) is 11.3 Å². The third-order valence-corrected chi connectivity index (χ3v) is 3.58. The van der Waals surface area contributed by atoms with Gasteiger partial charge in [-0.2, -0.15) is 5.26 Å². The van der Waals surface area contributed by atoms with Crippen molar-refractivity contribution in [3.63, 3.8) is 0 Å². The molecule has 2 aromatic carbocycles. The van der Waals surface area contributed by atoms with Gasteiger partial charge in [-0.1, -0.05) is 46.3 Å². The summed E-state index contributed by atoms with van der Waals surface area (Å²) in [7, 11) is 0. The minimum absolute atomic E-state index is 0.232. The highest BCUT2D eigenvalue weighted by Gasteiger charge is 2.08. The molecule has 100 valence electrons. The van der Waals surface area contributed by atoms with Gasteiger partial charge < -0.3 is 4.74 Å². The Hall–Kier alpha value is -2.12. The molecule has 0 unspecified atom stereocenters. The fourth-order valence-corrected chi connectivity index (χ4v) is 2.34. The Morgan fingerprint density at radius 2 is 2.05 bits per heavy atom. The Morgan fingerprint density at radius 1 is 1.30 bits per heavy atom. The molecular formula is C16H12BrNO2. The molecule has 0 saturated heterocycles. The van der Waals surface area contributed by atoms with Gasteiger partial charge in [-0.3, -0.25) is 4.79 Å². The summed E-state index contributed by atoms with van der Waals surface area (Å²) in [4.78, 5) is 10.8. The number of hydrogen-bond donors (Lipinski definition) is 0. The van der Waals surface area contributed by atoms with Gasteiger partial charge in [-0.15, -0.1) is 0 Å². The molecular weight excluding hydrogens is 318 g/mol. The highest BCUT2D eigenvalue weighted by atomic mass is 79.9. The van der Waals surface area contributed by atoms with Crippen LogP contribution in [0.25, 0.3) is 11.1 Å². The third kappa shape index (κ3) is 3.25. The maximum atomic E-state index is 10.8. The average Bonchev–Trinajstić information content (AvgIpc) is 2.45. The van der Waals surface area contributed by atoms with Crippen molar-refractivity contribution in [1.82, 2.24) is 0 Å². The second-order valence-corrected chi connectivity index (χ2v) is 5.10. The monoisotopic (exact) mass is 329 g/mol. The molecule has 0 atom stereocenters. The Balaban J connectivity index is 2.34. The summed E-state index contributed by atoms with van der Waals surface area (Å²) in [6.07, 6.45) is 0. The molecule has 0 amide bonds. The summed E-state index contributed by atoms with van der Waals surface area (Å²) in [5.74, 6) is -0.309. The molecule has 0 aliphatic heterocycles. The molecule has 0 aliphatic rings. The molecule has 0 heterocycles. The van der Waals surface area contributed by atoms with Crippen molar-refractivity contribution in [1.29, 1.82) is 5.26 Å². The highest BCUT2D eigenvalue weighted by molar-refractivity contribution is 9.10. The number of rotatable bonds is 3. The molecule has 0 radical (unpaired) electrons. The van der Waals surface area contributed by atoms with E-state index in [0.29, 0.717) is 5.56 Å². The number of esters is 1. The van der Waals surface area contributed by atoms with E-state index in [1.807, 2.05) is 36.4 Å². The molecule has 4 heteroatoms. The van der Waals surface area contributed by atoms with E-state index in [9.17, 15) is 4.79 Å². The summed E-state index contributed by atoms with van der Waals surface area (Å²) in [6, 6.07) is 15.3. The SMILES string of the molecule is CC(=O)OCc1ccc(-c2ccccc2C#N)cc1Br. The van der Waals surface area contributed by atoms with Crippen LogP contribution in [0.2, 0.25) is 0 Å². The standard InChI is InChI=1S/C16H12BrNO2/c1-11(19)20-10-14-7-6-12(8-16(14)17)15-5-3-2-4-13(15)9-18/h2-8H,10H2,1H3. The fraction of sp³-hybridized carbons (Fsp3) is 0.125. The number of hydrogen-bond acceptors (Lipinski definition) is 3. The smallest absolute Gasteiger partial charge is 0.302 e. The zero-order chi connectivity index (χ0) is 14.5. The van der Waals surface area contributed by atoms with Gasteiger partial charge in [-0.25, -0.2) is 0 Å². The topological polar surface area (TPSA) is 50.1 Å². The van der Waals surface area contributed by atoms with Crippen molar-refractivity contribution < 1.29 is 9.53 Å². The maximum Gasteiger partial charge on any atom is 0.302 e. The second kappa shape index (κ2) is 6.36. The highest BCUT2D eigenvalue weighted by Crippen LogP contribution is 2.28. The summed E-state index contributed by atoms with van der Waals surface area (Å²) in [6.45, 7) is 1.61. The van der Waals surface area contributed by atoms with E-state index in [2.05, 4.69) is 22.0 Å². The number of halogens is 1. The average molecular weight is 330 g/mol. The zero-order valence-corrected chi connectivity index (χ0v) is 12.5. The van der Waals surface area contributed by atoms with E-state index < -0.39 is 0 Å². The Labute approximate surface area is 125 Å². The quantitative estimate of drug-likeness (QED) is 0.798. The first kappa shape index (κ1) is 14.3. The van der Waals surface area contributed by atoms with Gasteiger partial charge in [0.15, 0.2) is 0 Å². The van der Waals surface area contributed by atoms with E-state index in [0.717, 1.165) is 21.2 Å². The van der Waals surface area contributed by atoms with E-state index in [-0.39, 0.29) is 12.6 Å². The number of nitriles is 1. The molecule has 2 rings (SSSR count). The Kier molecular flexibility index (Phi) is 4.54. The Bertz CT molecular complexity index is 689. The van der Waals surface area contributed by atoms with Crippen molar-refractivity contribution >= 4 is 21.9 Å². The van der Waals surface area contributed by atoms with Crippen molar-refractivity contribution in [2.75, 3.05) is 0 Å². The van der Waals surface area contributed by atoms with Crippen LogP contribution in [0.1, 0.15) is 18.1 Å². The van der Waals surface area contributed by atoms with Gasteiger partial charge in [0.25, 0.3) is 0 Å². The molecule has 0 saturated carbocycles. The fourth-order valence-electron chi connectivity index (χ4n) is 1.84. The largest absolute Gasteiger partial charge is 0.461 e. The summed E-state index contributed by atoms with van der Waals surface area (Å²) in [5, 5.41) is 9.13. The van der Waals surface area contributed by atoms with Gasteiger partial charge in [0.1, 0.15) is 6.61 Å². The van der Waals surface area contributed by atoms with Crippen molar-refractivity contribution in [3.05, 3.63) is 58.1 Å². The summed E-state index contributed by atoms with van der Waals surface area (Å²) in [5.41, 5.74) is 3.35. The molecule has 20 heavy (non-hydrogen) atoms. The lowest BCUT2D eigenvalue weighted by molar-refractivity contribution is -0.142. The number of nitrogens with zero attached hydrogens (tertiary/aromatic N) is 1. The molecule has 3 nitrogen and oxygen atoms in total. The molecule has 2 aromatic rings. The van der Waals surface area contributed by atoms with Crippen LogP contribution < -0.4 is 0 Å². The van der Waals surface area contributed by atoms with Crippen LogP contribution >= 0.6 is 15.9 Å². The van der Waals surface area contributed by atoms with Crippen molar-refractivity contribution in [3.8, 4) is 17.2 Å². The first-order valence-electron chi connectivity index (χ1n) is 6.03. The second-order valence-electron chi connectivity index (χ2n) is 4.24. The normalized spacial score (nSPS) is 9.85. The van der Waals surface area contributed by atoms with Crippen molar-refractivity contribution in [2.45, 2.75) is 13.5 Å². The molecule has 0 aromatic heterocycles. The summed E-state index contributed by atoms with van der Waals surface area (Å²) >= 11 is 3.47. The predicted molar refractivity (Wildman–Crippen MR) is 79.8 cm³/mol. The number of ether oxygens (including phenoxy) is 1. The lowest BCUT2D eigenvalue weighted by Gasteiger charge is -2.09. The minimum Gasteiger partial charge on any atom is -0.461 e. The zero-order valence-electron chi connectivity index (χ0n) is 10.9. The van der Waals surface area contributed by atoms with E-state index in [1.54, 1.807) is 6.07 Å². The van der Waals surface area contributed by atoms with Crippen LogP contribution in [-0.2, 0) is 16.1 Å². The molecule has 0 bridgehead atoms. The maximum absolute atomic E-state index is 10.8. The number of benzene rings is 2. The number of carbonyl (C=O) groups excluding carboxylic acids is 1. The van der Waals surface area contributed by atoms with Crippen LogP contribution in [0.15, 0.2) is 46.9 Å². The molecule has 0 aliphatic carbocycles. The van der Waals surface area contributed by atoms with E-state index in [4.69, 9.17) is 10.00 Å². The van der Waals surface area contributed by atoms with Crippen LogP contribution in [0.3, 0.4) is 0 Å². The van der Waals surface area contributed by atoms with Gasteiger partial charge in [0, 0.05) is 17.0 Å². The van der Waals surface area contributed by atoms with Crippen LogP contribution in [0.4, 0.5) is 0 Å². The van der Waals surface area contributed by atoms with Crippen LogP contribution in [0.5, 0.6) is 0 Å². The predicted octanol–water partition coefficient (Wildman–Crippen LogP) is 4.05. The number of carbonyl (C=O) groups is 1. The lowest BCUT2D eigenvalue weighted by Crippen LogP contribution is -1.99. The first-order chi connectivity index (χ1) is 9.61. The molecule has 0 spiro atoms. The van der Waals surface area contributed by atoms with E-state index in [1.165, 1.54) is 6.92 Å². The Morgan fingerprint density at radius 3 is 2.70 bits per heavy atom. The van der Waals surface area contributed by atoms with E-state index >= 15 is 0 Å². The van der Waals surface area contributed by atoms with Gasteiger partial charge in [-0.05, 0) is 23.3 Å². The minimum atomic E-state index is -0.309. The first-order valence-corrected chi connectivity index (χ1v) is 6.82. The molecule has 0 N–H and O–H groups in total. The van der Waals surface area contributed by atoms with Crippen molar-refractivity contribution in [2.24, 2.45) is 0 Å². The van der Waals surface area contributed by atoms with Gasteiger partial charge in [0.05, 0.1) is 11.6 Å². The third-order valence-electron chi connectivity index (χ3n) is 2.84.